The number of benzene rings is 2. The first-order valence-corrected chi connectivity index (χ1v) is 7.69. The van der Waals surface area contributed by atoms with E-state index in [4.69, 9.17) is 28.6 Å². The van der Waals surface area contributed by atoms with Gasteiger partial charge in [-0.05, 0) is 60.2 Å². The third-order valence-electron chi connectivity index (χ3n) is 3.04. The lowest BCUT2D eigenvalue weighted by Crippen LogP contribution is -2.24. The predicted octanol–water partition coefficient (Wildman–Crippen LogP) is 4.69. The number of halogens is 4. The molecule has 0 aliphatic carbocycles. The van der Waals surface area contributed by atoms with Gasteiger partial charge in [-0.1, -0.05) is 11.6 Å². The van der Waals surface area contributed by atoms with E-state index in [9.17, 15) is 13.2 Å². The van der Waals surface area contributed by atoms with Gasteiger partial charge in [0.05, 0.1) is 29.6 Å². The maximum atomic E-state index is 12.7. The molecule has 0 atom stereocenters. The lowest BCUT2D eigenvalue weighted by atomic mass is 10.2. The van der Waals surface area contributed by atoms with Crippen molar-refractivity contribution in [1.82, 2.24) is 5.43 Å². The summed E-state index contributed by atoms with van der Waals surface area (Å²) < 4.78 is 43.2. The summed E-state index contributed by atoms with van der Waals surface area (Å²) in [6, 6.07) is 10.0. The molecule has 0 heterocycles. The zero-order valence-corrected chi connectivity index (χ0v) is 14.5. The molecule has 0 aliphatic heterocycles. The SMILES string of the molecule is COc1ccc(/C=N/NC(=S)Nc2cc(C(F)(F)F)ccc2Cl)cc1. The average Bonchev–Trinajstić information content (AvgIpc) is 2.56. The maximum absolute atomic E-state index is 12.7. The van der Waals surface area contributed by atoms with Gasteiger partial charge in [0.1, 0.15) is 5.75 Å². The zero-order valence-electron chi connectivity index (χ0n) is 12.9. The van der Waals surface area contributed by atoms with Gasteiger partial charge >= 0.3 is 6.18 Å². The fourth-order valence-corrected chi connectivity index (χ4v) is 2.13. The van der Waals surface area contributed by atoms with Crippen molar-refractivity contribution in [2.24, 2.45) is 5.10 Å². The monoisotopic (exact) mass is 387 g/mol. The van der Waals surface area contributed by atoms with Crippen molar-refractivity contribution < 1.29 is 17.9 Å². The third-order valence-corrected chi connectivity index (χ3v) is 3.56. The second kappa shape index (κ2) is 8.17. The van der Waals surface area contributed by atoms with Crippen LogP contribution in [-0.4, -0.2) is 18.4 Å². The highest BCUT2D eigenvalue weighted by molar-refractivity contribution is 7.80. The van der Waals surface area contributed by atoms with Crippen LogP contribution in [-0.2, 0) is 6.18 Å². The summed E-state index contributed by atoms with van der Waals surface area (Å²) in [5.41, 5.74) is 2.50. The molecule has 0 saturated carbocycles. The van der Waals surface area contributed by atoms with Crippen LogP contribution in [0.4, 0.5) is 18.9 Å². The Hall–Kier alpha value is -2.32. The molecule has 0 amide bonds. The van der Waals surface area contributed by atoms with Gasteiger partial charge in [0.15, 0.2) is 5.11 Å². The van der Waals surface area contributed by atoms with Crippen LogP contribution in [0.2, 0.25) is 5.02 Å². The van der Waals surface area contributed by atoms with Crippen LogP contribution in [0.3, 0.4) is 0 Å². The van der Waals surface area contributed by atoms with E-state index >= 15 is 0 Å². The Morgan fingerprint density at radius 1 is 1.20 bits per heavy atom. The number of hydrogen-bond donors (Lipinski definition) is 2. The quantitative estimate of drug-likeness (QED) is 0.454. The normalized spacial score (nSPS) is 11.4. The minimum atomic E-state index is -4.47. The van der Waals surface area contributed by atoms with Crippen LogP contribution >= 0.6 is 23.8 Å². The van der Waals surface area contributed by atoms with Crippen LogP contribution in [0, 0.1) is 0 Å². The molecule has 2 aromatic carbocycles. The van der Waals surface area contributed by atoms with E-state index in [1.807, 2.05) is 0 Å². The molecule has 25 heavy (non-hydrogen) atoms. The minimum Gasteiger partial charge on any atom is -0.497 e. The number of thiocarbonyl (C=S) groups is 1. The van der Waals surface area contributed by atoms with Gasteiger partial charge in [0.25, 0.3) is 0 Å². The maximum Gasteiger partial charge on any atom is 0.416 e. The van der Waals surface area contributed by atoms with E-state index in [2.05, 4.69) is 15.8 Å². The smallest absolute Gasteiger partial charge is 0.416 e. The molecule has 0 bridgehead atoms. The Balaban J connectivity index is 1.99. The van der Waals surface area contributed by atoms with Crippen LogP contribution in [0.1, 0.15) is 11.1 Å². The van der Waals surface area contributed by atoms with Crippen LogP contribution in [0.25, 0.3) is 0 Å². The number of ether oxygens (including phenoxy) is 1. The van der Waals surface area contributed by atoms with E-state index in [1.165, 1.54) is 6.21 Å². The number of hydrogen-bond acceptors (Lipinski definition) is 3. The molecule has 132 valence electrons. The second-order valence-corrected chi connectivity index (χ2v) is 5.61. The first kappa shape index (κ1) is 19.0. The molecule has 0 aliphatic rings. The average molecular weight is 388 g/mol. The largest absolute Gasteiger partial charge is 0.497 e. The lowest BCUT2D eigenvalue weighted by Gasteiger charge is -2.12. The molecule has 0 aromatic heterocycles. The van der Waals surface area contributed by atoms with Crippen LogP contribution in [0.5, 0.6) is 5.75 Å². The van der Waals surface area contributed by atoms with E-state index in [-0.39, 0.29) is 15.8 Å². The Bertz CT molecular complexity index is 779. The van der Waals surface area contributed by atoms with Crippen molar-refractivity contribution in [3.63, 3.8) is 0 Å². The van der Waals surface area contributed by atoms with E-state index in [1.54, 1.807) is 31.4 Å². The summed E-state index contributed by atoms with van der Waals surface area (Å²) in [7, 11) is 1.56. The minimum absolute atomic E-state index is 0.00554. The molecule has 0 unspecified atom stereocenters. The number of alkyl halides is 3. The van der Waals surface area contributed by atoms with Crippen molar-refractivity contribution in [1.29, 1.82) is 0 Å². The molecule has 2 rings (SSSR count). The van der Waals surface area contributed by atoms with Crippen molar-refractivity contribution in [3.8, 4) is 5.75 Å². The van der Waals surface area contributed by atoms with Crippen molar-refractivity contribution in [2.45, 2.75) is 6.18 Å². The molecule has 4 nitrogen and oxygen atoms in total. The topological polar surface area (TPSA) is 45.6 Å². The van der Waals surface area contributed by atoms with Crippen molar-refractivity contribution in [2.75, 3.05) is 12.4 Å². The number of nitrogens with one attached hydrogen (secondary N) is 2. The fourth-order valence-electron chi connectivity index (χ4n) is 1.80. The molecule has 2 aromatic rings. The number of rotatable bonds is 4. The molecule has 9 heteroatoms. The van der Waals surface area contributed by atoms with Gasteiger partial charge in [-0.2, -0.15) is 18.3 Å². The van der Waals surface area contributed by atoms with Gasteiger partial charge in [-0.3, -0.25) is 5.43 Å². The zero-order chi connectivity index (χ0) is 18.4. The fraction of sp³-hybridized carbons (Fsp3) is 0.125. The third kappa shape index (κ3) is 5.61. The standard InChI is InChI=1S/C16H13ClF3N3OS/c1-24-12-5-2-10(3-6-12)9-21-23-15(25)22-14-8-11(16(18,19)20)4-7-13(14)17/h2-9H,1H3,(H2,22,23,25)/b21-9+. The Morgan fingerprint density at radius 2 is 1.88 bits per heavy atom. The molecular weight excluding hydrogens is 375 g/mol. The lowest BCUT2D eigenvalue weighted by molar-refractivity contribution is -0.137. The molecular formula is C16H13ClF3N3OS. The molecule has 2 N–H and O–H groups in total. The molecule has 0 spiro atoms. The molecule has 0 saturated heterocycles. The number of nitrogens with zero attached hydrogens (tertiary/aromatic N) is 1. The summed E-state index contributed by atoms with van der Waals surface area (Å²) in [5, 5.41) is 6.60. The number of methoxy groups -OCH3 is 1. The van der Waals surface area contributed by atoms with Crippen LogP contribution in [0.15, 0.2) is 47.6 Å². The number of anilines is 1. The summed E-state index contributed by atoms with van der Waals surface area (Å²) in [5.74, 6) is 0.710. The highest BCUT2D eigenvalue weighted by Crippen LogP contribution is 2.33. The Kier molecular flexibility index (Phi) is 6.22. The van der Waals surface area contributed by atoms with E-state index in [0.717, 1.165) is 23.8 Å². The first-order valence-electron chi connectivity index (χ1n) is 6.90. The van der Waals surface area contributed by atoms with Crippen molar-refractivity contribution in [3.05, 3.63) is 58.6 Å². The van der Waals surface area contributed by atoms with E-state index < -0.39 is 11.7 Å². The summed E-state index contributed by atoms with van der Waals surface area (Å²) >= 11 is 10.9. The van der Waals surface area contributed by atoms with Gasteiger partial charge in [0.2, 0.25) is 0 Å². The highest BCUT2D eigenvalue weighted by atomic mass is 35.5. The van der Waals surface area contributed by atoms with E-state index in [0.29, 0.717) is 5.75 Å². The predicted molar refractivity (Wildman–Crippen MR) is 96.4 cm³/mol. The van der Waals surface area contributed by atoms with Gasteiger partial charge in [-0.15, -0.1) is 0 Å². The highest BCUT2D eigenvalue weighted by Gasteiger charge is 2.31. The van der Waals surface area contributed by atoms with Gasteiger partial charge < -0.3 is 10.1 Å². The van der Waals surface area contributed by atoms with Gasteiger partial charge in [0, 0.05) is 0 Å². The van der Waals surface area contributed by atoms with Crippen LogP contribution < -0.4 is 15.5 Å². The summed E-state index contributed by atoms with van der Waals surface area (Å²) in [6.45, 7) is 0. The van der Waals surface area contributed by atoms with Gasteiger partial charge in [-0.25, -0.2) is 0 Å². The molecule has 0 fully saturated rings. The summed E-state index contributed by atoms with van der Waals surface area (Å²) in [6.07, 6.45) is -2.97. The first-order chi connectivity index (χ1) is 11.8. The molecule has 0 radical (unpaired) electrons. The van der Waals surface area contributed by atoms with Crippen molar-refractivity contribution >= 4 is 40.8 Å². The Labute approximate surface area is 152 Å². The second-order valence-electron chi connectivity index (χ2n) is 4.79. The Morgan fingerprint density at radius 3 is 2.48 bits per heavy atom. The summed E-state index contributed by atoms with van der Waals surface area (Å²) in [4.78, 5) is 0. The number of hydrazone groups is 1.